The van der Waals surface area contributed by atoms with Crippen LogP contribution in [-0.2, 0) is 6.54 Å². The van der Waals surface area contributed by atoms with E-state index in [1.807, 2.05) is 11.4 Å². The smallest absolute Gasteiger partial charge is 0.104 e. The number of nitrogens with zero attached hydrogens (tertiary/aromatic N) is 1. The first kappa shape index (κ1) is 12.6. The van der Waals surface area contributed by atoms with Gasteiger partial charge in [-0.2, -0.15) is 0 Å². The van der Waals surface area contributed by atoms with Gasteiger partial charge in [-0.1, -0.05) is 11.8 Å². The largest absolute Gasteiger partial charge is 0.395 e. The van der Waals surface area contributed by atoms with Crippen molar-refractivity contribution in [3.05, 3.63) is 21.9 Å². The van der Waals surface area contributed by atoms with Crippen molar-refractivity contribution in [3.8, 4) is 11.8 Å². The summed E-state index contributed by atoms with van der Waals surface area (Å²) >= 11 is 1.69. The molecule has 92 valence electrons. The van der Waals surface area contributed by atoms with Gasteiger partial charge in [0, 0.05) is 23.0 Å². The molecule has 1 aliphatic rings. The van der Waals surface area contributed by atoms with Crippen LogP contribution in [0.3, 0.4) is 0 Å². The second kappa shape index (κ2) is 6.18. The average molecular weight is 251 g/mol. The minimum absolute atomic E-state index is 0.0989. The van der Waals surface area contributed by atoms with Crippen molar-refractivity contribution in [2.75, 3.05) is 19.8 Å². The van der Waals surface area contributed by atoms with E-state index in [2.05, 4.69) is 16.7 Å². The molecule has 0 spiro atoms. The van der Waals surface area contributed by atoms with Gasteiger partial charge in [-0.05, 0) is 30.8 Å². The van der Waals surface area contributed by atoms with E-state index in [-0.39, 0.29) is 13.2 Å². The first-order valence-corrected chi connectivity index (χ1v) is 6.74. The highest BCUT2D eigenvalue weighted by molar-refractivity contribution is 7.10. The lowest BCUT2D eigenvalue weighted by molar-refractivity contribution is 0.154. The standard InChI is InChI=1S/C13H17NO2S/c15-7-2-3-11-5-8-17-13(11)9-14-6-1-4-12(14)10-16/h5,8,12,15-16H,1,4,6-7,9-10H2. The number of hydrogen-bond acceptors (Lipinski definition) is 4. The van der Waals surface area contributed by atoms with Crippen LogP contribution in [0.2, 0.25) is 0 Å². The minimum atomic E-state index is -0.0989. The molecule has 0 bridgehead atoms. The summed E-state index contributed by atoms with van der Waals surface area (Å²) in [4.78, 5) is 3.54. The number of hydrogen-bond donors (Lipinski definition) is 2. The fourth-order valence-electron chi connectivity index (χ4n) is 2.20. The summed E-state index contributed by atoms with van der Waals surface area (Å²) in [6, 6.07) is 2.29. The first-order chi connectivity index (χ1) is 8.35. The van der Waals surface area contributed by atoms with Gasteiger partial charge < -0.3 is 10.2 Å². The van der Waals surface area contributed by atoms with Crippen LogP contribution in [0.1, 0.15) is 23.3 Å². The highest BCUT2D eigenvalue weighted by atomic mass is 32.1. The molecule has 1 aromatic heterocycles. The molecule has 1 saturated heterocycles. The number of rotatable bonds is 3. The Labute approximate surface area is 106 Å². The molecule has 4 heteroatoms. The lowest BCUT2D eigenvalue weighted by Crippen LogP contribution is -2.31. The molecule has 1 unspecified atom stereocenters. The van der Waals surface area contributed by atoms with Crippen molar-refractivity contribution in [1.82, 2.24) is 4.90 Å². The monoisotopic (exact) mass is 251 g/mol. The average Bonchev–Trinajstić information content (AvgIpc) is 2.96. The van der Waals surface area contributed by atoms with E-state index in [0.29, 0.717) is 6.04 Å². The molecule has 0 aliphatic carbocycles. The molecule has 3 nitrogen and oxygen atoms in total. The molecule has 1 aliphatic heterocycles. The molecule has 2 heterocycles. The van der Waals surface area contributed by atoms with E-state index in [1.165, 1.54) is 4.88 Å². The van der Waals surface area contributed by atoms with Crippen LogP contribution in [0.25, 0.3) is 0 Å². The summed E-state index contributed by atoms with van der Waals surface area (Å²) in [5.41, 5.74) is 1.01. The van der Waals surface area contributed by atoms with Gasteiger partial charge >= 0.3 is 0 Å². The molecule has 0 amide bonds. The molecule has 2 rings (SSSR count). The second-order valence-electron chi connectivity index (χ2n) is 4.17. The highest BCUT2D eigenvalue weighted by Crippen LogP contribution is 2.24. The molecule has 0 saturated carbocycles. The Kier molecular flexibility index (Phi) is 4.57. The van der Waals surface area contributed by atoms with Crippen LogP contribution < -0.4 is 0 Å². The Morgan fingerprint density at radius 1 is 1.47 bits per heavy atom. The molecule has 17 heavy (non-hydrogen) atoms. The lowest BCUT2D eigenvalue weighted by Gasteiger charge is -2.21. The molecule has 0 radical (unpaired) electrons. The van der Waals surface area contributed by atoms with Crippen LogP contribution in [-0.4, -0.2) is 40.9 Å². The summed E-state index contributed by atoms with van der Waals surface area (Å²) in [6.45, 7) is 2.05. The predicted octanol–water partition coefficient (Wildman–Crippen LogP) is 1.05. The van der Waals surface area contributed by atoms with Crippen LogP contribution in [0.15, 0.2) is 11.4 Å². The zero-order chi connectivity index (χ0) is 12.1. The van der Waals surface area contributed by atoms with Crippen LogP contribution in [0.5, 0.6) is 0 Å². The Balaban J connectivity index is 2.05. The van der Waals surface area contributed by atoms with Crippen molar-refractivity contribution in [2.24, 2.45) is 0 Å². The maximum absolute atomic E-state index is 9.28. The second-order valence-corrected chi connectivity index (χ2v) is 5.17. The van der Waals surface area contributed by atoms with Gasteiger partial charge in [0.2, 0.25) is 0 Å². The van der Waals surface area contributed by atoms with Crippen molar-refractivity contribution >= 4 is 11.3 Å². The number of aliphatic hydroxyl groups excluding tert-OH is 2. The van der Waals surface area contributed by atoms with Crippen LogP contribution >= 0.6 is 11.3 Å². The summed E-state index contributed by atoms with van der Waals surface area (Å²) in [6.07, 6.45) is 2.24. The van der Waals surface area contributed by atoms with Gasteiger partial charge in [0.25, 0.3) is 0 Å². The normalized spacial score (nSPS) is 20.2. The number of thiophene rings is 1. The third-order valence-electron chi connectivity index (χ3n) is 3.10. The third kappa shape index (κ3) is 3.08. The van der Waals surface area contributed by atoms with E-state index in [0.717, 1.165) is 31.5 Å². The summed E-state index contributed by atoms with van der Waals surface area (Å²) in [7, 11) is 0. The van der Waals surface area contributed by atoms with Gasteiger partial charge in [0.15, 0.2) is 0 Å². The number of aliphatic hydroxyl groups is 2. The fraction of sp³-hybridized carbons (Fsp3) is 0.538. The maximum Gasteiger partial charge on any atom is 0.104 e. The maximum atomic E-state index is 9.28. The Morgan fingerprint density at radius 3 is 3.12 bits per heavy atom. The predicted molar refractivity (Wildman–Crippen MR) is 68.8 cm³/mol. The summed E-state index contributed by atoms with van der Waals surface area (Å²) < 4.78 is 0. The fourth-order valence-corrected chi connectivity index (χ4v) is 3.06. The topological polar surface area (TPSA) is 43.7 Å². The Bertz CT molecular complexity index is 419. The van der Waals surface area contributed by atoms with Gasteiger partial charge in [-0.3, -0.25) is 4.90 Å². The molecule has 2 N–H and O–H groups in total. The Hall–Kier alpha value is -0.860. The van der Waals surface area contributed by atoms with E-state index >= 15 is 0 Å². The van der Waals surface area contributed by atoms with Crippen LogP contribution in [0.4, 0.5) is 0 Å². The summed E-state index contributed by atoms with van der Waals surface area (Å²) in [5, 5.41) is 20.0. The summed E-state index contributed by atoms with van der Waals surface area (Å²) in [5.74, 6) is 5.66. The first-order valence-electron chi connectivity index (χ1n) is 5.86. The highest BCUT2D eigenvalue weighted by Gasteiger charge is 2.24. The van der Waals surface area contributed by atoms with Crippen molar-refractivity contribution in [1.29, 1.82) is 0 Å². The quantitative estimate of drug-likeness (QED) is 0.789. The molecule has 1 aromatic rings. The zero-order valence-corrected chi connectivity index (χ0v) is 10.5. The molecule has 1 fully saturated rings. The van der Waals surface area contributed by atoms with E-state index in [4.69, 9.17) is 5.11 Å². The Morgan fingerprint density at radius 2 is 2.35 bits per heavy atom. The number of likely N-dealkylation sites (tertiary alicyclic amines) is 1. The lowest BCUT2D eigenvalue weighted by atomic mass is 10.2. The molecule has 0 aromatic carbocycles. The molecular formula is C13H17NO2S. The molecular weight excluding hydrogens is 234 g/mol. The van der Waals surface area contributed by atoms with E-state index in [9.17, 15) is 5.11 Å². The SMILES string of the molecule is OCC#Cc1ccsc1CN1CCCC1CO. The minimum Gasteiger partial charge on any atom is -0.395 e. The van der Waals surface area contributed by atoms with E-state index < -0.39 is 0 Å². The van der Waals surface area contributed by atoms with Gasteiger partial charge in [0.05, 0.1) is 6.61 Å². The van der Waals surface area contributed by atoms with Crippen LogP contribution in [0, 0.1) is 11.8 Å². The van der Waals surface area contributed by atoms with Gasteiger partial charge in [-0.25, -0.2) is 0 Å². The van der Waals surface area contributed by atoms with Crippen molar-refractivity contribution in [2.45, 2.75) is 25.4 Å². The zero-order valence-electron chi connectivity index (χ0n) is 9.72. The van der Waals surface area contributed by atoms with Gasteiger partial charge in [0.1, 0.15) is 6.61 Å². The van der Waals surface area contributed by atoms with E-state index in [1.54, 1.807) is 11.3 Å². The van der Waals surface area contributed by atoms with Crippen molar-refractivity contribution in [3.63, 3.8) is 0 Å². The third-order valence-corrected chi connectivity index (χ3v) is 4.01. The van der Waals surface area contributed by atoms with Gasteiger partial charge in [-0.15, -0.1) is 11.3 Å². The molecule has 1 atom stereocenters. The van der Waals surface area contributed by atoms with Crippen molar-refractivity contribution < 1.29 is 10.2 Å².